The second-order valence-electron chi connectivity index (χ2n) is 7.10. The Bertz CT molecular complexity index is 1590. The lowest BCUT2D eigenvalue weighted by Crippen LogP contribution is -2.16. The van der Waals surface area contributed by atoms with Crippen LogP contribution in [0.2, 0.25) is 0 Å². The van der Waals surface area contributed by atoms with Crippen molar-refractivity contribution in [2.45, 2.75) is 18.4 Å². The van der Waals surface area contributed by atoms with Crippen molar-refractivity contribution < 1.29 is 22.5 Å². The Morgan fingerprint density at radius 1 is 1.15 bits per heavy atom. The summed E-state index contributed by atoms with van der Waals surface area (Å²) in [6.07, 6.45) is 0. The second kappa shape index (κ2) is 9.15. The number of benzene rings is 3. The molecule has 0 aliphatic heterocycles. The smallest absolute Gasteiger partial charge is 0.279 e. The van der Waals surface area contributed by atoms with Crippen molar-refractivity contribution in [3.8, 4) is 0 Å². The Kier molecular flexibility index (Phi) is 6.26. The Balaban J connectivity index is 1.67. The Labute approximate surface area is 197 Å². The van der Waals surface area contributed by atoms with E-state index in [1.807, 2.05) is 6.92 Å². The number of nitrogens with one attached hydrogen (secondary N) is 1. The van der Waals surface area contributed by atoms with Gasteiger partial charge in [0, 0.05) is 29.9 Å². The first-order chi connectivity index (χ1) is 16.2. The molecule has 1 heterocycles. The first-order valence-corrected chi connectivity index (χ1v) is 12.2. The summed E-state index contributed by atoms with van der Waals surface area (Å²) in [7, 11) is -3.99. The Morgan fingerprint density at radius 2 is 1.88 bits per heavy atom. The minimum Gasteiger partial charge on any atom is -0.317 e. The number of anilines is 1. The van der Waals surface area contributed by atoms with Crippen LogP contribution in [-0.2, 0) is 16.6 Å². The number of hydrogen-bond donors (Lipinski definition) is 1. The number of non-ortho nitro benzene ring substituents is 1. The summed E-state index contributed by atoms with van der Waals surface area (Å²) < 4.78 is 43.0. The number of fused-ring (bicyclic) bond motifs is 1. The second-order valence-corrected chi connectivity index (χ2v) is 9.79. The normalized spacial score (nSPS) is 12.1. The molecule has 1 aromatic heterocycles. The molecule has 0 bridgehead atoms. The number of hydrogen-bond acceptors (Lipinski definition) is 6. The van der Waals surface area contributed by atoms with Gasteiger partial charge in [-0.15, -0.1) is 0 Å². The van der Waals surface area contributed by atoms with E-state index in [1.54, 1.807) is 10.6 Å². The summed E-state index contributed by atoms with van der Waals surface area (Å²) >= 11 is 1.14. The maximum absolute atomic E-state index is 13.1. The third kappa shape index (κ3) is 4.72. The number of nitro groups is 1. The van der Waals surface area contributed by atoms with Gasteiger partial charge in [-0.3, -0.25) is 19.6 Å². The first kappa shape index (κ1) is 23.3. The minimum atomic E-state index is -3.99. The van der Waals surface area contributed by atoms with Crippen LogP contribution in [0.3, 0.4) is 0 Å². The summed E-state index contributed by atoms with van der Waals surface area (Å²) in [5.41, 5.74) is 0.938. The number of thiazole rings is 1. The average Bonchev–Trinajstić information content (AvgIpc) is 3.15. The summed E-state index contributed by atoms with van der Waals surface area (Å²) in [5, 5.41) is 11.1. The number of sulfonamides is 1. The zero-order chi connectivity index (χ0) is 24.5. The van der Waals surface area contributed by atoms with Crippen molar-refractivity contribution in [2.24, 2.45) is 4.99 Å². The molecule has 3 aromatic carbocycles. The van der Waals surface area contributed by atoms with Crippen LogP contribution in [0.1, 0.15) is 17.3 Å². The van der Waals surface area contributed by atoms with E-state index in [1.165, 1.54) is 36.4 Å². The van der Waals surface area contributed by atoms with Crippen LogP contribution < -0.4 is 9.52 Å². The average molecular weight is 501 g/mol. The van der Waals surface area contributed by atoms with Gasteiger partial charge in [0.2, 0.25) is 0 Å². The van der Waals surface area contributed by atoms with E-state index in [4.69, 9.17) is 0 Å². The highest BCUT2D eigenvalue weighted by Crippen LogP contribution is 2.23. The lowest BCUT2D eigenvalue weighted by atomic mass is 10.2. The van der Waals surface area contributed by atoms with Crippen molar-refractivity contribution in [1.82, 2.24) is 4.57 Å². The van der Waals surface area contributed by atoms with Crippen LogP contribution in [0.5, 0.6) is 0 Å². The minimum absolute atomic E-state index is 0.0592. The number of nitro benzene ring substituents is 1. The fourth-order valence-electron chi connectivity index (χ4n) is 3.26. The lowest BCUT2D eigenvalue weighted by Gasteiger charge is -2.08. The number of nitrogens with zero attached hydrogens (tertiary/aromatic N) is 3. The maximum Gasteiger partial charge on any atom is 0.279 e. The van der Waals surface area contributed by atoms with Crippen molar-refractivity contribution >= 4 is 48.9 Å². The largest absolute Gasteiger partial charge is 0.317 e. The Hall–Kier alpha value is -3.90. The van der Waals surface area contributed by atoms with Gasteiger partial charge in [-0.05, 0) is 55.5 Å². The molecule has 0 saturated heterocycles. The summed E-state index contributed by atoms with van der Waals surface area (Å²) in [6.45, 7) is 2.35. The van der Waals surface area contributed by atoms with Gasteiger partial charge in [0.25, 0.3) is 21.6 Å². The highest BCUT2D eigenvalue weighted by molar-refractivity contribution is 7.92. The van der Waals surface area contributed by atoms with Gasteiger partial charge in [-0.1, -0.05) is 17.4 Å². The monoisotopic (exact) mass is 500 g/mol. The SMILES string of the molecule is CCn1c(=NC(=O)c2cccc(NS(=O)(=O)c3ccc(F)cc3)c2)sc2cc([N+](=O)[O-])ccc21. The summed E-state index contributed by atoms with van der Waals surface area (Å²) in [4.78, 5) is 27.8. The molecular weight excluding hydrogens is 483 g/mol. The van der Waals surface area contributed by atoms with Crippen molar-refractivity contribution in [1.29, 1.82) is 0 Å². The topological polar surface area (TPSA) is 124 Å². The number of amides is 1. The van der Waals surface area contributed by atoms with Gasteiger partial charge in [0.15, 0.2) is 4.80 Å². The predicted molar refractivity (Wildman–Crippen MR) is 126 cm³/mol. The molecule has 4 aromatic rings. The fourth-order valence-corrected chi connectivity index (χ4v) is 5.44. The van der Waals surface area contributed by atoms with Crippen molar-refractivity contribution in [2.75, 3.05) is 4.72 Å². The van der Waals surface area contributed by atoms with Crippen LogP contribution in [-0.4, -0.2) is 23.8 Å². The standard InChI is InChI=1S/C22H17FN4O5S2/c1-2-26-19-11-8-17(27(29)30)13-20(19)33-22(26)24-21(28)14-4-3-5-16(12-14)25-34(31,32)18-9-6-15(23)7-10-18/h3-13,25H,2H2,1H3. The molecule has 0 saturated carbocycles. The van der Waals surface area contributed by atoms with Gasteiger partial charge in [-0.2, -0.15) is 4.99 Å². The van der Waals surface area contributed by atoms with Gasteiger partial charge in [0.1, 0.15) is 5.82 Å². The zero-order valence-electron chi connectivity index (χ0n) is 17.6. The molecule has 0 aliphatic rings. The van der Waals surface area contributed by atoms with Crippen molar-refractivity contribution in [3.63, 3.8) is 0 Å². The number of aryl methyl sites for hydroxylation is 1. The van der Waals surface area contributed by atoms with E-state index in [-0.39, 0.29) is 21.8 Å². The molecule has 1 N–H and O–H groups in total. The molecule has 34 heavy (non-hydrogen) atoms. The number of aromatic nitrogens is 1. The molecule has 0 fully saturated rings. The fraction of sp³-hybridized carbons (Fsp3) is 0.0909. The molecule has 0 atom stereocenters. The maximum atomic E-state index is 13.1. The van der Waals surface area contributed by atoms with E-state index in [0.717, 1.165) is 35.6 Å². The molecular formula is C22H17FN4O5S2. The van der Waals surface area contributed by atoms with E-state index in [0.29, 0.717) is 21.6 Å². The molecule has 12 heteroatoms. The van der Waals surface area contributed by atoms with Gasteiger partial charge in [0.05, 0.1) is 20.0 Å². The van der Waals surface area contributed by atoms with Crippen LogP contribution >= 0.6 is 11.3 Å². The van der Waals surface area contributed by atoms with Crippen LogP contribution in [0.4, 0.5) is 15.8 Å². The summed E-state index contributed by atoms with van der Waals surface area (Å²) in [5.74, 6) is -1.17. The van der Waals surface area contributed by atoms with Crippen LogP contribution in [0.15, 0.2) is 76.6 Å². The van der Waals surface area contributed by atoms with Gasteiger partial charge < -0.3 is 4.57 Å². The van der Waals surface area contributed by atoms with Gasteiger partial charge in [-0.25, -0.2) is 12.8 Å². The quantitative estimate of drug-likeness (QED) is 0.312. The third-order valence-corrected chi connectivity index (χ3v) is 7.31. The van der Waals surface area contributed by atoms with E-state index >= 15 is 0 Å². The van der Waals surface area contributed by atoms with Crippen molar-refractivity contribution in [3.05, 3.63) is 93.0 Å². The first-order valence-electron chi connectivity index (χ1n) is 9.93. The highest BCUT2D eigenvalue weighted by atomic mass is 32.2. The molecule has 1 amide bonds. The van der Waals surface area contributed by atoms with Crippen LogP contribution in [0, 0.1) is 15.9 Å². The van der Waals surface area contributed by atoms with Gasteiger partial charge >= 0.3 is 0 Å². The molecule has 0 radical (unpaired) electrons. The molecule has 0 aliphatic carbocycles. The van der Waals surface area contributed by atoms with E-state index < -0.39 is 26.7 Å². The molecule has 0 unspecified atom stereocenters. The zero-order valence-corrected chi connectivity index (χ0v) is 19.3. The van der Waals surface area contributed by atoms with Crippen LogP contribution in [0.25, 0.3) is 10.2 Å². The molecule has 174 valence electrons. The predicted octanol–water partition coefficient (Wildman–Crippen LogP) is 4.31. The van der Waals surface area contributed by atoms with E-state index in [9.17, 15) is 27.7 Å². The number of halogens is 1. The van der Waals surface area contributed by atoms with E-state index in [2.05, 4.69) is 9.71 Å². The summed E-state index contributed by atoms with van der Waals surface area (Å²) in [6, 6.07) is 14.6. The molecule has 0 spiro atoms. The molecule has 4 rings (SSSR count). The number of rotatable bonds is 6. The Morgan fingerprint density at radius 3 is 2.56 bits per heavy atom. The lowest BCUT2D eigenvalue weighted by molar-refractivity contribution is -0.384. The number of carbonyl (C=O) groups excluding carboxylic acids is 1. The third-order valence-electron chi connectivity index (χ3n) is 4.88. The number of carbonyl (C=O) groups is 1. The molecule has 9 nitrogen and oxygen atoms in total. The highest BCUT2D eigenvalue weighted by Gasteiger charge is 2.16.